The average molecular weight is 919 g/mol. The summed E-state index contributed by atoms with van der Waals surface area (Å²) < 4.78 is 10.6. The first-order valence-corrected chi connectivity index (χ1v) is 21.3. The van der Waals surface area contributed by atoms with Gasteiger partial charge >= 0.3 is 18.0 Å². The number of methoxy groups -OCH3 is 1. The number of carbonyl (C=O) groups is 6. The van der Waals surface area contributed by atoms with E-state index in [1.807, 2.05) is 105 Å². The zero-order valence-corrected chi connectivity index (χ0v) is 38.4. The molecule has 5 rings (SSSR count). The quantitative estimate of drug-likeness (QED) is 0.0324. The number of esters is 1. The molecule has 0 aliphatic carbocycles. The van der Waals surface area contributed by atoms with Gasteiger partial charge in [0.05, 0.1) is 25.4 Å². The highest BCUT2D eigenvalue weighted by Gasteiger charge is 2.25. The van der Waals surface area contributed by atoms with Crippen molar-refractivity contribution in [2.45, 2.75) is 79.4 Å². The Labute approximate surface area is 394 Å². The third-order valence-corrected chi connectivity index (χ3v) is 9.68. The van der Waals surface area contributed by atoms with Crippen LogP contribution in [0.25, 0.3) is 0 Å². The van der Waals surface area contributed by atoms with Gasteiger partial charge in [0.15, 0.2) is 0 Å². The molecule has 0 aliphatic heterocycles. The minimum Gasteiger partial charge on any atom is -0.460 e. The van der Waals surface area contributed by atoms with E-state index in [2.05, 4.69) is 26.6 Å². The number of carbonyl (C=O) groups excluding carboxylic acids is 6. The van der Waals surface area contributed by atoms with Gasteiger partial charge in [-0.2, -0.15) is 0 Å². The minimum atomic E-state index is -0.658. The third kappa shape index (κ3) is 20.6. The Kier molecular flexibility index (Phi) is 23.7. The summed E-state index contributed by atoms with van der Waals surface area (Å²) in [5.74, 6) is -1.06. The third-order valence-electron chi connectivity index (χ3n) is 9.68. The molecular formula is C52H66N6O9. The van der Waals surface area contributed by atoms with Gasteiger partial charge in [0.1, 0.15) is 11.9 Å². The summed E-state index contributed by atoms with van der Waals surface area (Å²) in [4.78, 5) is 75.5. The number of aldehydes is 1. The molecule has 6 amide bonds. The molecule has 0 aromatic heterocycles. The monoisotopic (exact) mass is 918 g/mol. The number of amides is 6. The van der Waals surface area contributed by atoms with Crippen LogP contribution in [0.1, 0.15) is 74.9 Å². The number of nitrogens with zero attached hydrogens (tertiary/aromatic N) is 1. The van der Waals surface area contributed by atoms with Crippen molar-refractivity contribution in [2.75, 3.05) is 48.1 Å². The van der Waals surface area contributed by atoms with Gasteiger partial charge in [-0.15, -0.1) is 0 Å². The fraction of sp³-hybridized carbons (Fsp3) is 0.308. The van der Waals surface area contributed by atoms with Crippen LogP contribution in [0.15, 0.2) is 127 Å². The maximum atomic E-state index is 13.4. The van der Waals surface area contributed by atoms with Gasteiger partial charge in [0.25, 0.3) is 0 Å². The molecule has 0 fully saturated rings. The van der Waals surface area contributed by atoms with E-state index in [4.69, 9.17) is 9.47 Å². The molecule has 0 saturated carbocycles. The van der Waals surface area contributed by atoms with Crippen LogP contribution < -0.4 is 26.6 Å². The van der Waals surface area contributed by atoms with Crippen molar-refractivity contribution < 1.29 is 43.7 Å². The Morgan fingerprint density at radius 1 is 0.672 bits per heavy atom. The first kappa shape index (κ1) is 55.8. The first-order valence-electron chi connectivity index (χ1n) is 21.3. The van der Waals surface area contributed by atoms with E-state index in [1.165, 1.54) is 4.90 Å². The summed E-state index contributed by atoms with van der Waals surface area (Å²) >= 11 is 0. The molecule has 5 aromatic carbocycles. The van der Waals surface area contributed by atoms with E-state index in [0.29, 0.717) is 37.4 Å². The number of ether oxygens (including phenoxy) is 2. The highest BCUT2D eigenvalue weighted by molar-refractivity contribution is 6.01. The molecule has 5 aromatic rings. The molecule has 1 atom stereocenters. The normalized spacial score (nSPS) is 10.8. The van der Waals surface area contributed by atoms with Crippen LogP contribution in [0.4, 0.5) is 32.3 Å². The van der Waals surface area contributed by atoms with Gasteiger partial charge < -0.3 is 51.2 Å². The van der Waals surface area contributed by atoms with Crippen molar-refractivity contribution in [3.63, 3.8) is 0 Å². The predicted molar refractivity (Wildman–Crippen MR) is 265 cm³/mol. The number of urea groups is 2. The number of aryl methyl sites for hydroxylation is 2. The Balaban J connectivity index is 0.000000586. The van der Waals surface area contributed by atoms with Crippen LogP contribution in [-0.4, -0.2) is 78.9 Å². The highest BCUT2D eigenvalue weighted by atomic mass is 16.6. The molecule has 15 nitrogen and oxygen atoms in total. The van der Waals surface area contributed by atoms with Crippen molar-refractivity contribution >= 4 is 58.9 Å². The molecule has 0 heterocycles. The van der Waals surface area contributed by atoms with E-state index in [-0.39, 0.29) is 50.3 Å². The fourth-order valence-electron chi connectivity index (χ4n) is 6.40. The molecule has 7 N–H and O–H groups in total. The van der Waals surface area contributed by atoms with Crippen LogP contribution in [0.5, 0.6) is 0 Å². The Bertz CT molecular complexity index is 2330. The highest BCUT2D eigenvalue weighted by Crippen LogP contribution is 2.21. The zero-order chi connectivity index (χ0) is 47.2. The van der Waals surface area contributed by atoms with E-state index in [0.717, 1.165) is 45.5 Å². The van der Waals surface area contributed by atoms with Gasteiger partial charge in [-0.05, 0) is 105 Å². The molecule has 0 bridgehead atoms. The number of hydrogen-bond acceptors (Lipinski definition) is 8. The predicted octanol–water partition coefficient (Wildman–Crippen LogP) is 8.83. The number of anilines is 4. The maximum Gasteiger partial charge on any atom is 0.323 e. The summed E-state index contributed by atoms with van der Waals surface area (Å²) in [5.41, 5.74) is 6.46. The van der Waals surface area contributed by atoms with Crippen molar-refractivity contribution in [1.29, 1.82) is 0 Å². The van der Waals surface area contributed by atoms with Crippen LogP contribution in [0.2, 0.25) is 0 Å². The minimum absolute atomic E-state index is 0. The van der Waals surface area contributed by atoms with Gasteiger partial charge in [-0.1, -0.05) is 98.4 Å². The SMILES string of the molecule is C.COCCCN(CC(=O)N[C@@H](CC(=O)OC(C)(C)C)c1ccccc1)C(=O)Cc1ccc(NC(=O)Nc2ccccc2C)cc1.Cc1ccccc1NC(=O)Nc1ccc(CC=O)cc1.O. The second kappa shape index (κ2) is 28.5. The van der Waals surface area contributed by atoms with Gasteiger partial charge in [-0.3, -0.25) is 14.4 Å². The summed E-state index contributed by atoms with van der Waals surface area (Å²) in [6.07, 6.45) is 1.81. The molecule has 0 saturated heterocycles. The van der Waals surface area contributed by atoms with Crippen LogP contribution in [0.3, 0.4) is 0 Å². The molecule has 358 valence electrons. The maximum absolute atomic E-state index is 13.4. The summed E-state index contributed by atoms with van der Waals surface area (Å²) in [6, 6.07) is 37.1. The van der Waals surface area contributed by atoms with Crippen LogP contribution >= 0.6 is 0 Å². The van der Waals surface area contributed by atoms with Gasteiger partial charge in [-0.25, -0.2) is 9.59 Å². The van der Waals surface area contributed by atoms with E-state index in [1.54, 1.807) is 64.3 Å². The average Bonchev–Trinajstić information content (AvgIpc) is 3.26. The topological polar surface area (TPSA) is 216 Å². The van der Waals surface area contributed by atoms with Crippen molar-refractivity contribution in [3.05, 3.63) is 155 Å². The van der Waals surface area contributed by atoms with Crippen LogP contribution in [0, 0.1) is 13.8 Å². The Hall–Kier alpha value is -7.36. The second-order valence-corrected chi connectivity index (χ2v) is 16.2. The number of nitrogens with one attached hydrogen (secondary N) is 5. The molecule has 0 spiro atoms. The molecule has 15 heteroatoms. The number of rotatable bonds is 18. The molecule has 0 radical (unpaired) electrons. The van der Waals surface area contributed by atoms with Gasteiger partial charge in [0.2, 0.25) is 11.8 Å². The van der Waals surface area contributed by atoms with E-state index in [9.17, 15) is 28.8 Å². The van der Waals surface area contributed by atoms with Crippen molar-refractivity contribution in [3.8, 4) is 0 Å². The van der Waals surface area contributed by atoms with E-state index >= 15 is 0 Å². The lowest BCUT2D eigenvalue weighted by Gasteiger charge is -2.26. The van der Waals surface area contributed by atoms with Crippen molar-refractivity contribution in [2.24, 2.45) is 0 Å². The molecule has 0 unspecified atom stereocenters. The number of benzene rings is 5. The number of para-hydroxylation sites is 2. The second-order valence-electron chi connectivity index (χ2n) is 16.2. The molecule has 0 aliphatic rings. The Morgan fingerprint density at radius 3 is 1.64 bits per heavy atom. The zero-order valence-electron chi connectivity index (χ0n) is 38.4. The summed E-state index contributed by atoms with van der Waals surface area (Å²) in [6.45, 7) is 9.79. The van der Waals surface area contributed by atoms with E-state index < -0.39 is 23.5 Å². The lowest BCUT2D eigenvalue weighted by molar-refractivity contribution is -0.155. The lowest BCUT2D eigenvalue weighted by atomic mass is 10.0. The fourth-order valence-corrected chi connectivity index (χ4v) is 6.40. The lowest BCUT2D eigenvalue weighted by Crippen LogP contribution is -2.43. The largest absolute Gasteiger partial charge is 0.460 e. The standard InChI is InChI=1S/C35H44N4O6.C16H16N2O2.CH4.H2O/c1-25-12-9-10-15-29(25)38-34(43)36-28-18-16-26(17-19-28)22-32(41)39(20-11-21-44-5)24-31(40)37-30(27-13-7-6-8-14-27)23-33(42)45-35(2,3)4;1-12-4-2-3-5-15(12)18-16(20)17-14-8-6-13(7-9-14)10-11-19;;/h6-10,12-19,30H,11,20-24H2,1-5H3,(H,37,40)(H2,36,38,43);2-9,11H,10H2,1H3,(H2,17,18,20);1H4;1H2/t30-;;;/m0.../s1. The van der Waals surface area contributed by atoms with Crippen LogP contribution in [-0.2, 0) is 41.5 Å². The molecule has 67 heavy (non-hydrogen) atoms. The summed E-state index contributed by atoms with van der Waals surface area (Å²) in [5, 5.41) is 14.1. The number of hydrogen-bond donors (Lipinski definition) is 5. The first-order chi connectivity index (χ1) is 31.1. The summed E-state index contributed by atoms with van der Waals surface area (Å²) in [7, 11) is 1.58. The Morgan fingerprint density at radius 2 is 1.16 bits per heavy atom. The van der Waals surface area contributed by atoms with Gasteiger partial charge in [0, 0.05) is 49.4 Å². The molecular weight excluding hydrogens is 853 g/mol. The smallest absolute Gasteiger partial charge is 0.323 e. The van der Waals surface area contributed by atoms with Crippen molar-refractivity contribution in [1.82, 2.24) is 10.2 Å².